The predicted molar refractivity (Wildman–Crippen MR) is 86.8 cm³/mol. The van der Waals surface area contributed by atoms with Crippen LogP contribution in [-0.4, -0.2) is 29.4 Å². The molecule has 1 atom stereocenters. The van der Waals surface area contributed by atoms with Gasteiger partial charge in [-0.25, -0.2) is 0 Å². The van der Waals surface area contributed by atoms with Gasteiger partial charge in [0.2, 0.25) is 0 Å². The number of carbonyl (C=O) groups is 1. The lowest BCUT2D eigenvalue weighted by Crippen LogP contribution is -2.54. The third kappa shape index (κ3) is 2.78. The first-order chi connectivity index (χ1) is 10.2. The molecule has 110 valence electrons. The van der Waals surface area contributed by atoms with E-state index in [0.29, 0.717) is 5.75 Å². The number of fused-ring (bicyclic) bond motifs is 1. The van der Waals surface area contributed by atoms with E-state index in [0.717, 1.165) is 17.7 Å². The molecule has 2 N–H and O–H groups in total. The van der Waals surface area contributed by atoms with E-state index in [1.807, 2.05) is 12.1 Å². The van der Waals surface area contributed by atoms with E-state index in [2.05, 4.69) is 35.6 Å². The second-order valence-electron chi connectivity index (χ2n) is 5.60. The lowest BCUT2D eigenvalue weighted by Gasteiger charge is -2.28. The molecule has 1 saturated carbocycles. The van der Waals surface area contributed by atoms with Crippen LogP contribution in [0.1, 0.15) is 12.8 Å². The third-order valence-corrected chi connectivity index (χ3v) is 5.48. The molecule has 1 fully saturated rings. The molecule has 3 rings (SSSR count). The molecule has 0 aromatic heterocycles. The molecule has 1 aliphatic carbocycles. The Morgan fingerprint density at radius 1 is 1.29 bits per heavy atom. The minimum Gasteiger partial charge on any atom is -0.480 e. The van der Waals surface area contributed by atoms with Crippen LogP contribution in [0, 0.1) is 5.92 Å². The Labute approximate surface area is 128 Å². The van der Waals surface area contributed by atoms with Crippen LogP contribution < -0.4 is 5.32 Å². The van der Waals surface area contributed by atoms with E-state index in [9.17, 15) is 9.90 Å². The summed E-state index contributed by atoms with van der Waals surface area (Å²) in [5, 5.41) is 15.1. The molecule has 2 aromatic rings. The van der Waals surface area contributed by atoms with Crippen LogP contribution in [0.3, 0.4) is 0 Å². The van der Waals surface area contributed by atoms with Crippen LogP contribution in [0.2, 0.25) is 0 Å². The quantitative estimate of drug-likeness (QED) is 0.803. The van der Waals surface area contributed by atoms with Gasteiger partial charge in [0.15, 0.2) is 0 Å². The molecule has 0 bridgehead atoms. The topological polar surface area (TPSA) is 49.3 Å². The van der Waals surface area contributed by atoms with Gasteiger partial charge in [-0.1, -0.05) is 30.3 Å². The Morgan fingerprint density at radius 2 is 2.00 bits per heavy atom. The van der Waals surface area contributed by atoms with Crippen molar-refractivity contribution in [3.8, 4) is 0 Å². The predicted octanol–water partition coefficient (Wildman–Crippen LogP) is 3.38. The number of likely N-dealkylation sites (N-methyl/N-ethyl adjacent to an activating group) is 1. The molecular formula is C17H19NO2S. The van der Waals surface area contributed by atoms with Gasteiger partial charge in [-0.15, -0.1) is 11.8 Å². The number of thioether (sulfide) groups is 1. The van der Waals surface area contributed by atoms with Crippen LogP contribution >= 0.6 is 11.8 Å². The van der Waals surface area contributed by atoms with Gasteiger partial charge >= 0.3 is 5.97 Å². The zero-order valence-electron chi connectivity index (χ0n) is 12.0. The monoisotopic (exact) mass is 301 g/mol. The molecule has 4 heteroatoms. The maximum atomic E-state index is 11.7. The standard InChI is InChI=1S/C17H19NO2S/c1-18-17(16(19)20,14-7-8-14)11-21-15-9-6-12-4-2-3-5-13(12)10-15/h2-6,9-10,14,18H,7-8,11H2,1H3,(H,19,20). The average molecular weight is 301 g/mol. The van der Waals surface area contributed by atoms with Gasteiger partial charge in [-0.05, 0) is 48.7 Å². The smallest absolute Gasteiger partial charge is 0.325 e. The Bertz CT molecular complexity index is 669. The molecule has 2 aromatic carbocycles. The molecule has 0 aliphatic heterocycles. The second-order valence-corrected chi connectivity index (χ2v) is 6.65. The highest BCUT2D eigenvalue weighted by atomic mass is 32.2. The van der Waals surface area contributed by atoms with Gasteiger partial charge in [-0.3, -0.25) is 4.79 Å². The maximum absolute atomic E-state index is 11.7. The Kier molecular flexibility index (Phi) is 3.91. The van der Waals surface area contributed by atoms with Crippen LogP contribution in [0.4, 0.5) is 0 Å². The maximum Gasteiger partial charge on any atom is 0.325 e. The molecule has 0 saturated heterocycles. The zero-order valence-corrected chi connectivity index (χ0v) is 12.8. The lowest BCUT2D eigenvalue weighted by molar-refractivity contribution is -0.144. The van der Waals surface area contributed by atoms with E-state index >= 15 is 0 Å². The highest BCUT2D eigenvalue weighted by Crippen LogP contribution is 2.42. The third-order valence-electron chi connectivity index (χ3n) is 4.29. The molecule has 0 radical (unpaired) electrons. The summed E-state index contributed by atoms with van der Waals surface area (Å²) in [6.07, 6.45) is 2.01. The fourth-order valence-electron chi connectivity index (χ4n) is 2.77. The molecule has 0 heterocycles. The van der Waals surface area contributed by atoms with E-state index < -0.39 is 11.5 Å². The fourth-order valence-corrected chi connectivity index (χ4v) is 4.04. The van der Waals surface area contributed by atoms with E-state index in [1.54, 1.807) is 18.8 Å². The van der Waals surface area contributed by atoms with Crippen molar-refractivity contribution in [2.45, 2.75) is 23.3 Å². The van der Waals surface area contributed by atoms with Gasteiger partial charge in [0.25, 0.3) is 0 Å². The van der Waals surface area contributed by atoms with Gasteiger partial charge in [0.1, 0.15) is 5.54 Å². The minimum absolute atomic E-state index is 0.257. The van der Waals surface area contributed by atoms with Gasteiger partial charge in [0, 0.05) is 10.6 Å². The number of carboxylic acids is 1. The van der Waals surface area contributed by atoms with Crippen molar-refractivity contribution < 1.29 is 9.90 Å². The molecule has 21 heavy (non-hydrogen) atoms. The lowest BCUT2D eigenvalue weighted by atomic mass is 9.96. The summed E-state index contributed by atoms with van der Waals surface area (Å²) in [6.45, 7) is 0. The van der Waals surface area contributed by atoms with E-state index in [-0.39, 0.29) is 5.92 Å². The first-order valence-corrected chi connectivity index (χ1v) is 8.18. The molecular weight excluding hydrogens is 282 g/mol. The first-order valence-electron chi connectivity index (χ1n) is 7.19. The second kappa shape index (κ2) is 5.70. The molecule has 0 spiro atoms. The first kappa shape index (κ1) is 14.4. The Balaban J connectivity index is 1.79. The highest BCUT2D eigenvalue weighted by Gasteiger charge is 2.50. The van der Waals surface area contributed by atoms with Gasteiger partial charge < -0.3 is 10.4 Å². The number of hydrogen-bond acceptors (Lipinski definition) is 3. The minimum atomic E-state index is -0.795. The number of aliphatic carboxylic acids is 1. The molecule has 1 unspecified atom stereocenters. The summed E-state index contributed by atoms with van der Waals surface area (Å²) in [5.74, 6) is 0.0794. The van der Waals surface area contributed by atoms with Crippen molar-refractivity contribution in [3.05, 3.63) is 42.5 Å². The van der Waals surface area contributed by atoms with Crippen molar-refractivity contribution in [1.29, 1.82) is 0 Å². The van der Waals surface area contributed by atoms with E-state index in [4.69, 9.17) is 0 Å². The van der Waals surface area contributed by atoms with Crippen LogP contribution in [0.5, 0.6) is 0 Å². The molecule has 3 nitrogen and oxygen atoms in total. The average Bonchev–Trinajstić information content (AvgIpc) is 3.33. The van der Waals surface area contributed by atoms with Crippen molar-refractivity contribution in [2.75, 3.05) is 12.8 Å². The van der Waals surface area contributed by atoms with Crippen LogP contribution in [0.15, 0.2) is 47.4 Å². The summed E-state index contributed by atoms with van der Waals surface area (Å²) in [5.41, 5.74) is -0.795. The number of hydrogen-bond donors (Lipinski definition) is 2. The van der Waals surface area contributed by atoms with Crippen LogP contribution in [-0.2, 0) is 4.79 Å². The van der Waals surface area contributed by atoms with Crippen molar-refractivity contribution in [3.63, 3.8) is 0 Å². The summed E-state index contributed by atoms with van der Waals surface area (Å²) < 4.78 is 0. The van der Waals surface area contributed by atoms with E-state index in [1.165, 1.54) is 10.8 Å². The van der Waals surface area contributed by atoms with Gasteiger partial charge in [0.05, 0.1) is 0 Å². The highest BCUT2D eigenvalue weighted by molar-refractivity contribution is 7.99. The summed E-state index contributed by atoms with van der Waals surface area (Å²) in [6, 6.07) is 14.5. The summed E-state index contributed by atoms with van der Waals surface area (Å²) >= 11 is 1.62. The number of carboxylic acid groups (broad SMARTS) is 1. The van der Waals surface area contributed by atoms with Gasteiger partial charge in [-0.2, -0.15) is 0 Å². The van der Waals surface area contributed by atoms with Crippen LogP contribution in [0.25, 0.3) is 10.8 Å². The number of rotatable bonds is 6. The zero-order chi connectivity index (χ0) is 14.9. The number of nitrogens with one attached hydrogen (secondary N) is 1. The van der Waals surface area contributed by atoms with Crippen molar-refractivity contribution in [1.82, 2.24) is 5.32 Å². The normalized spacial score (nSPS) is 17.6. The Hall–Kier alpha value is -1.52. The fraction of sp³-hybridized carbons (Fsp3) is 0.353. The molecule has 0 amide bonds. The largest absolute Gasteiger partial charge is 0.480 e. The van der Waals surface area contributed by atoms with Crippen molar-refractivity contribution >= 4 is 28.5 Å². The van der Waals surface area contributed by atoms with Crippen molar-refractivity contribution in [2.24, 2.45) is 5.92 Å². The SMILES string of the molecule is CNC(CSc1ccc2ccccc2c1)(C(=O)O)C1CC1. The summed E-state index contributed by atoms with van der Waals surface area (Å²) in [7, 11) is 1.76. The molecule has 1 aliphatic rings. The summed E-state index contributed by atoms with van der Waals surface area (Å²) in [4.78, 5) is 12.8. The number of benzene rings is 2. The Morgan fingerprint density at radius 3 is 2.62 bits per heavy atom.